The molecular formula is C11H20NOW. The van der Waals surface area contributed by atoms with E-state index >= 15 is 0 Å². The predicted molar refractivity (Wildman–Crippen MR) is 59.1 cm³/mol. The average Bonchev–Trinajstić information content (AvgIpc) is 2.78. The summed E-state index contributed by atoms with van der Waals surface area (Å²) in [5, 5.41) is 0. The van der Waals surface area contributed by atoms with Crippen molar-refractivity contribution < 1.29 is 15.1 Å². The van der Waals surface area contributed by atoms with E-state index < -0.39 is 15.1 Å². The third-order valence-electron chi connectivity index (χ3n) is 3.65. The van der Waals surface area contributed by atoms with Crippen LogP contribution in [-0.2, 0) is 15.1 Å². The molecule has 0 N–H and O–H groups in total. The average molecular weight is 366 g/mol. The van der Waals surface area contributed by atoms with E-state index in [2.05, 4.69) is 42.7 Å². The summed E-state index contributed by atoms with van der Waals surface area (Å²) in [7, 11) is 0. The molecule has 1 rings (SSSR count). The zero-order chi connectivity index (χ0) is 10.7. The summed E-state index contributed by atoms with van der Waals surface area (Å²) >= 11 is -3.36. The fourth-order valence-corrected chi connectivity index (χ4v) is 15.5. The van der Waals surface area contributed by atoms with Gasteiger partial charge in [0, 0.05) is 0 Å². The van der Waals surface area contributed by atoms with Gasteiger partial charge in [0.2, 0.25) is 0 Å². The number of hydrogen-bond acceptors (Lipinski definition) is 2. The van der Waals surface area contributed by atoms with Gasteiger partial charge in [0.05, 0.1) is 0 Å². The standard InChI is InChI=1S/C5H5.3C2H5.NO.W/c1-2-4-5-3-1;4*1-2;/h1-3H,4H2;3*1H2,2H3;;/q;;;;-1;+1. The van der Waals surface area contributed by atoms with Crippen molar-refractivity contribution in [1.29, 1.82) is 0 Å². The molecule has 1 aliphatic carbocycles. The van der Waals surface area contributed by atoms with Crippen LogP contribution in [0.25, 0.3) is 0 Å². The number of allylic oxidation sites excluding steroid dienone is 4. The second kappa shape index (κ2) is 4.10. The van der Waals surface area contributed by atoms with Crippen LogP contribution in [0.1, 0.15) is 27.2 Å². The molecule has 81 valence electrons. The van der Waals surface area contributed by atoms with Gasteiger partial charge in [-0.25, -0.2) is 0 Å². The van der Waals surface area contributed by atoms with E-state index in [4.69, 9.17) is 0 Å². The molecule has 0 aliphatic heterocycles. The Kier molecular flexibility index (Phi) is 3.47. The number of nitroso groups, excluding NO2 is 1. The van der Waals surface area contributed by atoms with E-state index in [1.807, 2.05) is 0 Å². The van der Waals surface area contributed by atoms with Crippen molar-refractivity contribution >= 4 is 0 Å². The van der Waals surface area contributed by atoms with E-state index in [9.17, 15) is 4.91 Å². The molecule has 0 fully saturated rings. The fourth-order valence-electron chi connectivity index (χ4n) is 2.19. The monoisotopic (exact) mass is 366 g/mol. The van der Waals surface area contributed by atoms with Crippen LogP contribution in [0.2, 0.25) is 14.4 Å². The zero-order valence-corrected chi connectivity index (χ0v) is 12.3. The van der Waals surface area contributed by atoms with Gasteiger partial charge < -0.3 is 0 Å². The van der Waals surface area contributed by atoms with Crippen LogP contribution >= 0.6 is 0 Å². The van der Waals surface area contributed by atoms with E-state index in [0.717, 1.165) is 20.9 Å². The molecule has 0 spiro atoms. The van der Waals surface area contributed by atoms with E-state index in [1.54, 1.807) is 0 Å². The molecule has 0 saturated carbocycles. The normalized spacial score (nSPS) is 18.8. The second-order valence-electron chi connectivity index (χ2n) is 3.73. The van der Waals surface area contributed by atoms with Gasteiger partial charge in [-0.3, -0.25) is 0 Å². The number of nitrogens with zero attached hydrogens (tertiary/aromatic N) is 1. The minimum absolute atomic E-state index is 0.978. The van der Waals surface area contributed by atoms with Crippen molar-refractivity contribution in [3.63, 3.8) is 0 Å². The third kappa shape index (κ3) is 1.44. The molecule has 0 amide bonds. The molecule has 0 aromatic rings. The van der Waals surface area contributed by atoms with Crippen molar-refractivity contribution in [1.82, 2.24) is 0 Å². The molecule has 1 aliphatic rings. The first-order valence-electron chi connectivity index (χ1n) is 5.27. The Balaban J connectivity index is 3.20. The summed E-state index contributed by atoms with van der Waals surface area (Å²) in [6, 6.07) is 0. The molecule has 0 saturated heterocycles. The van der Waals surface area contributed by atoms with Crippen LogP contribution in [0, 0.1) is 4.91 Å². The minimum atomic E-state index is -3.36. The van der Waals surface area contributed by atoms with Crippen LogP contribution in [0.3, 0.4) is 0 Å². The number of rotatable bonds is 5. The molecular weight excluding hydrogens is 346 g/mol. The van der Waals surface area contributed by atoms with Gasteiger partial charge in [0.1, 0.15) is 0 Å². The summed E-state index contributed by atoms with van der Waals surface area (Å²) < 4.78 is 5.13. The Morgan fingerprint density at radius 2 is 1.86 bits per heavy atom. The van der Waals surface area contributed by atoms with Crippen LogP contribution < -0.4 is 0 Å². The predicted octanol–water partition coefficient (Wildman–Crippen LogP) is 4.52. The van der Waals surface area contributed by atoms with Crippen LogP contribution in [-0.4, -0.2) is 0 Å². The van der Waals surface area contributed by atoms with E-state index in [-0.39, 0.29) is 0 Å². The SMILES string of the molecule is C[CH2][W]([CH2]C)([CH2]C)([N]=O)[C]1=CC=CC1. The molecule has 0 bridgehead atoms. The summed E-state index contributed by atoms with van der Waals surface area (Å²) in [4.78, 5) is 14.4. The molecule has 0 heterocycles. The Morgan fingerprint density at radius 3 is 2.14 bits per heavy atom. The molecule has 3 heteroatoms. The summed E-state index contributed by atoms with van der Waals surface area (Å²) in [5.74, 6) is 0. The van der Waals surface area contributed by atoms with Gasteiger partial charge in [-0.05, 0) is 0 Å². The van der Waals surface area contributed by atoms with Gasteiger partial charge in [-0.15, -0.1) is 0 Å². The van der Waals surface area contributed by atoms with E-state index in [1.165, 1.54) is 3.96 Å². The molecule has 2 nitrogen and oxygen atoms in total. The van der Waals surface area contributed by atoms with Gasteiger partial charge in [-0.2, -0.15) is 0 Å². The first kappa shape index (κ1) is 11.8. The Morgan fingerprint density at radius 1 is 1.29 bits per heavy atom. The van der Waals surface area contributed by atoms with Gasteiger partial charge in [0.15, 0.2) is 0 Å². The topological polar surface area (TPSA) is 29.4 Å². The first-order valence-corrected chi connectivity index (χ1v) is 14.3. The molecule has 0 atom stereocenters. The Bertz CT molecular complexity index is 279. The zero-order valence-electron chi connectivity index (χ0n) is 9.32. The molecule has 0 radical (unpaired) electrons. The summed E-state index contributed by atoms with van der Waals surface area (Å²) in [5.41, 5.74) is 0. The molecule has 0 aromatic heterocycles. The Labute approximate surface area is 87.6 Å². The molecule has 0 aromatic carbocycles. The summed E-state index contributed by atoms with van der Waals surface area (Å²) in [6.45, 7) is 6.45. The summed E-state index contributed by atoms with van der Waals surface area (Å²) in [6.07, 6.45) is 7.36. The van der Waals surface area contributed by atoms with Gasteiger partial charge >= 0.3 is 87.5 Å². The quantitative estimate of drug-likeness (QED) is 0.658. The van der Waals surface area contributed by atoms with Crippen molar-refractivity contribution in [2.75, 3.05) is 0 Å². The van der Waals surface area contributed by atoms with E-state index in [0.29, 0.717) is 0 Å². The van der Waals surface area contributed by atoms with Crippen molar-refractivity contribution in [2.45, 2.75) is 41.6 Å². The van der Waals surface area contributed by atoms with Crippen molar-refractivity contribution in [3.05, 3.63) is 27.1 Å². The maximum absolute atomic E-state index is 11.4. The fraction of sp³-hybridized carbons (Fsp3) is 0.636. The molecule has 0 unspecified atom stereocenters. The maximum atomic E-state index is 11.4. The van der Waals surface area contributed by atoms with Gasteiger partial charge in [0.25, 0.3) is 0 Å². The first-order chi connectivity index (χ1) is 6.67. The third-order valence-corrected chi connectivity index (χ3v) is 25.7. The van der Waals surface area contributed by atoms with Gasteiger partial charge in [-0.1, -0.05) is 0 Å². The van der Waals surface area contributed by atoms with Crippen molar-refractivity contribution in [3.8, 4) is 0 Å². The second-order valence-corrected chi connectivity index (χ2v) is 23.3. The Hall–Kier alpha value is -0.232. The van der Waals surface area contributed by atoms with Crippen LogP contribution in [0.15, 0.2) is 25.9 Å². The number of hydrogen-bond donors (Lipinski definition) is 0. The van der Waals surface area contributed by atoms with Crippen molar-refractivity contribution in [2.24, 2.45) is 3.74 Å². The molecule has 14 heavy (non-hydrogen) atoms. The van der Waals surface area contributed by atoms with Crippen LogP contribution in [0.5, 0.6) is 0 Å². The van der Waals surface area contributed by atoms with Crippen LogP contribution in [0.4, 0.5) is 0 Å².